The molecule has 4 atom stereocenters. The molecule has 5 nitrogen and oxygen atoms in total. The molecule has 5 heteroatoms. The number of piperazine rings is 1. The number of hydrogen-bond donors (Lipinski definition) is 1. The fraction of sp³-hybridized carbons (Fsp3) is 0.727. The normalized spacial score (nSPS) is 29.3. The molecule has 1 aliphatic heterocycles. The topological polar surface area (TPSA) is 45.2 Å². The molecular formula is C22H34N2O3. The van der Waals surface area contributed by atoms with Gasteiger partial charge < -0.3 is 19.5 Å². The van der Waals surface area contributed by atoms with Crippen molar-refractivity contribution in [2.45, 2.75) is 31.8 Å². The lowest BCUT2D eigenvalue weighted by molar-refractivity contribution is -0.00274. The van der Waals surface area contributed by atoms with Gasteiger partial charge in [0.25, 0.3) is 0 Å². The monoisotopic (exact) mass is 374 g/mol. The van der Waals surface area contributed by atoms with Crippen molar-refractivity contribution in [2.24, 2.45) is 17.8 Å². The molecule has 0 unspecified atom stereocenters. The summed E-state index contributed by atoms with van der Waals surface area (Å²) in [6, 6.07) is 8.26. The summed E-state index contributed by atoms with van der Waals surface area (Å²) in [4.78, 5) is 4.75. The van der Waals surface area contributed by atoms with Gasteiger partial charge in [0.15, 0.2) is 0 Å². The highest BCUT2D eigenvalue weighted by Gasteiger charge is 2.39. The number of β-amino-alcohol motifs (C(OH)–C–C–N with tert-alkyl or cyclic N) is 1. The lowest BCUT2D eigenvalue weighted by Gasteiger charge is -2.37. The number of ether oxygens (including phenoxy) is 2. The largest absolute Gasteiger partial charge is 0.497 e. The molecule has 27 heavy (non-hydrogen) atoms. The van der Waals surface area contributed by atoms with Crippen LogP contribution < -0.4 is 9.64 Å². The first-order valence-corrected chi connectivity index (χ1v) is 10.6. The molecule has 2 bridgehead atoms. The van der Waals surface area contributed by atoms with Crippen LogP contribution in [0.3, 0.4) is 0 Å². The average Bonchev–Trinajstić information content (AvgIpc) is 3.32. The van der Waals surface area contributed by atoms with Crippen LogP contribution in [0, 0.1) is 17.8 Å². The predicted molar refractivity (Wildman–Crippen MR) is 107 cm³/mol. The molecule has 3 fully saturated rings. The highest BCUT2D eigenvalue weighted by Crippen LogP contribution is 2.48. The van der Waals surface area contributed by atoms with Gasteiger partial charge >= 0.3 is 0 Å². The van der Waals surface area contributed by atoms with E-state index < -0.39 is 0 Å². The van der Waals surface area contributed by atoms with Gasteiger partial charge in [-0.1, -0.05) is 6.42 Å². The first kappa shape index (κ1) is 19.0. The SMILES string of the molecule is COc1ccc(N2CCN(C[C@H](O)COC[C@@H]3C[C@@H]4CC[C@@H]3C4)CC2)cc1. The maximum atomic E-state index is 10.4. The number of benzene rings is 1. The van der Waals surface area contributed by atoms with Crippen LogP contribution in [0.2, 0.25) is 0 Å². The van der Waals surface area contributed by atoms with Crippen molar-refractivity contribution in [1.82, 2.24) is 4.90 Å². The molecule has 150 valence electrons. The minimum Gasteiger partial charge on any atom is -0.497 e. The summed E-state index contributed by atoms with van der Waals surface area (Å²) in [5.41, 5.74) is 1.24. The Morgan fingerprint density at radius 3 is 2.48 bits per heavy atom. The van der Waals surface area contributed by atoms with Gasteiger partial charge in [0.05, 0.1) is 19.8 Å². The van der Waals surface area contributed by atoms with E-state index in [2.05, 4.69) is 21.9 Å². The summed E-state index contributed by atoms with van der Waals surface area (Å²) in [7, 11) is 1.70. The van der Waals surface area contributed by atoms with Crippen molar-refractivity contribution in [1.29, 1.82) is 0 Å². The quantitative estimate of drug-likeness (QED) is 0.758. The third-order valence-electron chi connectivity index (χ3n) is 6.81. The van der Waals surface area contributed by atoms with Gasteiger partial charge in [-0.05, 0) is 61.3 Å². The zero-order valence-corrected chi connectivity index (χ0v) is 16.6. The van der Waals surface area contributed by atoms with Crippen molar-refractivity contribution in [3.63, 3.8) is 0 Å². The second-order valence-corrected chi connectivity index (χ2v) is 8.61. The minimum atomic E-state index is -0.379. The number of hydrogen-bond acceptors (Lipinski definition) is 5. The third kappa shape index (κ3) is 4.76. The van der Waals surface area contributed by atoms with E-state index in [1.807, 2.05) is 12.1 Å². The van der Waals surface area contributed by atoms with E-state index in [0.717, 1.165) is 56.3 Å². The molecule has 4 rings (SSSR count). The Balaban J connectivity index is 1.13. The zero-order valence-electron chi connectivity index (χ0n) is 16.6. The third-order valence-corrected chi connectivity index (χ3v) is 6.81. The van der Waals surface area contributed by atoms with Gasteiger partial charge in [0, 0.05) is 45.0 Å². The molecule has 0 aromatic heterocycles. The number of aliphatic hydroxyl groups excluding tert-OH is 1. The molecule has 1 saturated heterocycles. The minimum absolute atomic E-state index is 0.379. The van der Waals surface area contributed by atoms with Crippen LogP contribution in [-0.4, -0.2) is 69.2 Å². The molecule has 0 amide bonds. The average molecular weight is 375 g/mol. The van der Waals surface area contributed by atoms with Crippen molar-refractivity contribution >= 4 is 5.69 Å². The van der Waals surface area contributed by atoms with E-state index >= 15 is 0 Å². The molecule has 0 spiro atoms. The van der Waals surface area contributed by atoms with Gasteiger partial charge in [-0.25, -0.2) is 0 Å². The predicted octanol–water partition coefficient (Wildman–Crippen LogP) is 2.63. The van der Waals surface area contributed by atoms with E-state index in [1.54, 1.807) is 7.11 Å². The summed E-state index contributed by atoms with van der Waals surface area (Å²) < 4.78 is 11.1. The lowest BCUT2D eigenvalue weighted by atomic mass is 9.90. The molecule has 1 aromatic rings. The Morgan fingerprint density at radius 2 is 1.85 bits per heavy atom. The summed E-state index contributed by atoms with van der Waals surface area (Å²) in [5.74, 6) is 3.52. The van der Waals surface area contributed by atoms with Crippen LogP contribution in [0.15, 0.2) is 24.3 Å². The van der Waals surface area contributed by atoms with E-state index in [4.69, 9.17) is 9.47 Å². The first-order chi connectivity index (χ1) is 13.2. The number of fused-ring (bicyclic) bond motifs is 2. The molecule has 1 aromatic carbocycles. The van der Waals surface area contributed by atoms with Gasteiger partial charge in [0.1, 0.15) is 5.75 Å². The molecule has 2 saturated carbocycles. The Bertz CT molecular complexity index is 586. The molecular weight excluding hydrogens is 340 g/mol. The molecule has 2 aliphatic carbocycles. The van der Waals surface area contributed by atoms with Crippen molar-refractivity contribution < 1.29 is 14.6 Å². The molecule has 1 N–H and O–H groups in total. The van der Waals surface area contributed by atoms with Crippen LogP contribution in [0.1, 0.15) is 25.7 Å². The van der Waals surface area contributed by atoms with E-state index in [1.165, 1.54) is 31.4 Å². The summed E-state index contributed by atoms with van der Waals surface area (Å²) in [6.07, 6.45) is 5.24. The van der Waals surface area contributed by atoms with Gasteiger partial charge in [-0.15, -0.1) is 0 Å². The van der Waals surface area contributed by atoms with Crippen molar-refractivity contribution in [3.05, 3.63) is 24.3 Å². The van der Waals surface area contributed by atoms with Gasteiger partial charge in [0.2, 0.25) is 0 Å². The maximum Gasteiger partial charge on any atom is 0.119 e. The first-order valence-electron chi connectivity index (χ1n) is 10.6. The standard InChI is InChI=1S/C22H34N2O3/c1-26-22-6-4-20(5-7-22)24-10-8-23(9-11-24)14-21(25)16-27-15-19-13-17-2-3-18(19)12-17/h4-7,17-19,21,25H,2-3,8-16H2,1H3/t17-,18-,19+,21+/m1/s1. The fourth-order valence-corrected chi connectivity index (χ4v) is 5.27. The van der Waals surface area contributed by atoms with Crippen molar-refractivity contribution in [2.75, 3.05) is 57.9 Å². The van der Waals surface area contributed by atoms with E-state index in [0.29, 0.717) is 13.2 Å². The zero-order chi connectivity index (χ0) is 18.6. The molecule has 1 heterocycles. The fourth-order valence-electron chi connectivity index (χ4n) is 5.27. The van der Waals surface area contributed by atoms with Gasteiger partial charge in [-0.3, -0.25) is 4.90 Å². The summed E-state index contributed by atoms with van der Waals surface area (Å²) in [5, 5.41) is 10.4. The van der Waals surface area contributed by atoms with Crippen LogP contribution in [-0.2, 0) is 4.74 Å². The Kier molecular flexibility index (Phi) is 6.21. The van der Waals surface area contributed by atoms with Crippen LogP contribution in [0.5, 0.6) is 5.75 Å². The maximum absolute atomic E-state index is 10.4. The summed E-state index contributed by atoms with van der Waals surface area (Å²) >= 11 is 0. The number of nitrogens with zero attached hydrogens (tertiary/aromatic N) is 2. The van der Waals surface area contributed by atoms with E-state index in [9.17, 15) is 5.11 Å². The number of anilines is 1. The Hall–Kier alpha value is -1.30. The molecule has 3 aliphatic rings. The van der Waals surface area contributed by atoms with Crippen LogP contribution >= 0.6 is 0 Å². The number of aliphatic hydroxyl groups is 1. The van der Waals surface area contributed by atoms with E-state index in [-0.39, 0.29) is 6.10 Å². The second-order valence-electron chi connectivity index (χ2n) is 8.61. The number of methoxy groups -OCH3 is 1. The Labute approximate surface area is 163 Å². The van der Waals surface area contributed by atoms with Crippen LogP contribution in [0.25, 0.3) is 0 Å². The number of rotatable bonds is 8. The highest BCUT2D eigenvalue weighted by molar-refractivity contribution is 5.49. The molecule has 0 radical (unpaired) electrons. The Morgan fingerprint density at radius 1 is 1.07 bits per heavy atom. The summed E-state index contributed by atoms with van der Waals surface area (Å²) in [6.45, 7) is 5.99. The van der Waals surface area contributed by atoms with Crippen LogP contribution in [0.4, 0.5) is 5.69 Å². The highest BCUT2D eigenvalue weighted by atomic mass is 16.5. The van der Waals surface area contributed by atoms with Crippen molar-refractivity contribution in [3.8, 4) is 5.75 Å². The second kappa shape index (κ2) is 8.80. The lowest BCUT2D eigenvalue weighted by Crippen LogP contribution is -2.49. The van der Waals surface area contributed by atoms with Gasteiger partial charge in [-0.2, -0.15) is 0 Å². The smallest absolute Gasteiger partial charge is 0.119 e.